The number of amides is 1. The topological polar surface area (TPSA) is 99.7 Å². The molecule has 0 radical (unpaired) electrons. The molecule has 1 unspecified atom stereocenters. The molecule has 0 saturated carbocycles. The maximum atomic E-state index is 12.3. The Morgan fingerprint density at radius 3 is 3.03 bits per heavy atom. The average Bonchev–Trinajstić information content (AvgIpc) is 3.44. The number of hydrogen-bond donors (Lipinski definition) is 2. The van der Waals surface area contributed by atoms with Gasteiger partial charge in [-0.2, -0.15) is 5.10 Å². The summed E-state index contributed by atoms with van der Waals surface area (Å²) < 4.78 is 0. The molecule has 0 aromatic carbocycles. The molecule has 9 heteroatoms. The van der Waals surface area contributed by atoms with Crippen LogP contribution in [0.1, 0.15) is 35.5 Å². The smallest absolute Gasteiger partial charge is 0.225 e. The Labute approximate surface area is 173 Å². The number of aromatic amines is 1. The quantitative estimate of drug-likeness (QED) is 0.620. The van der Waals surface area contributed by atoms with Crippen LogP contribution < -0.4 is 10.2 Å². The SMILES string of the molecule is Cc1nc(C)c(-c2ccnc(N3CCC(NC(=O)CCCc4cn[nH]c4)C3)n2)s1. The van der Waals surface area contributed by atoms with Crippen molar-refractivity contribution < 1.29 is 4.79 Å². The number of nitrogens with one attached hydrogen (secondary N) is 2. The lowest BCUT2D eigenvalue weighted by molar-refractivity contribution is -0.121. The Morgan fingerprint density at radius 2 is 2.28 bits per heavy atom. The highest BCUT2D eigenvalue weighted by molar-refractivity contribution is 7.15. The fourth-order valence-corrected chi connectivity index (χ4v) is 4.51. The van der Waals surface area contributed by atoms with Gasteiger partial charge in [-0.15, -0.1) is 11.3 Å². The first-order valence-electron chi connectivity index (χ1n) is 9.88. The van der Waals surface area contributed by atoms with Crippen LogP contribution in [0.3, 0.4) is 0 Å². The number of nitrogens with zero attached hydrogens (tertiary/aromatic N) is 5. The highest BCUT2D eigenvalue weighted by atomic mass is 32.1. The molecular formula is C20H25N7OS. The van der Waals surface area contributed by atoms with E-state index in [1.54, 1.807) is 23.7 Å². The van der Waals surface area contributed by atoms with Gasteiger partial charge in [0, 0.05) is 37.9 Å². The van der Waals surface area contributed by atoms with Crippen molar-refractivity contribution in [3.8, 4) is 10.6 Å². The second-order valence-corrected chi connectivity index (χ2v) is 8.55. The molecule has 1 aliphatic rings. The molecule has 1 amide bonds. The second-order valence-electron chi connectivity index (χ2n) is 7.35. The molecule has 29 heavy (non-hydrogen) atoms. The first kappa shape index (κ1) is 19.5. The number of aromatic nitrogens is 5. The van der Waals surface area contributed by atoms with Crippen molar-refractivity contribution in [3.05, 3.63) is 40.9 Å². The number of thiazole rings is 1. The standard InChI is InChI=1S/C20H25N7OS/c1-13-19(29-14(2)24-13)17-6-8-21-20(26-17)27-9-7-16(12-27)25-18(28)5-3-4-15-10-22-23-11-15/h6,8,10-11,16H,3-5,7,9,12H2,1-2H3,(H,22,23)(H,25,28). The number of anilines is 1. The van der Waals surface area contributed by atoms with Gasteiger partial charge in [-0.3, -0.25) is 9.89 Å². The summed E-state index contributed by atoms with van der Waals surface area (Å²) in [5.41, 5.74) is 3.04. The lowest BCUT2D eigenvalue weighted by atomic mass is 10.1. The summed E-state index contributed by atoms with van der Waals surface area (Å²) in [6.45, 7) is 5.59. The van der Waals surface area contributed by atoms with Crippen molar-refractivity contribution in [3.63, 3.8) is 0 Å². The van der Waals surface area contributed by atoms with E-state index in [1.165, 1.54) is 0 Å². The molecule has 4 rings (SSSR count). The third kappa shape index (κ3) is 4.79. The zero-order valence-electron chi connectivity index (χ0n) is 16.7. The molecule has 152 valence electrons. The zero-order valence-corrected chi connectivity index (χ0v) is 17.5. The number of carbonyl (C=O) groups is 1. The van der Waals surface area contributed by atoms with Gasteiger partial charge in [0.25, 0.3) is 0 Å². The van der Waals surface area contributed by atoms with Crippen LogP contribution in [0, 0.1) is 13.8 Å². The predicted molar refractivity (Wildman–Crippen MR) is 113 cm³/mol. The van der Waals surface area contributed by atoms with E-state index in [1.807, 2.05) is 26.1 Å². The molecule has 3 aromatic rings. The van der Waals surface area contributed by atoms with Crippen molar-refractivity contribution in [2.75, 3.05) is 18.0 Å². The van der Waals surface area contributed by atoms with E-state index in [0.29, 0.717) is 12.4 Å². The maximum absolute atomic E-state index is 12.3. The van der Waals surface area contributed by atoms with E-state index in [-0.39, 0.29) is 11.9 Å². The van der Waals surface area contributed by atoms with Gasteiger partial charge >= 0.3 is 0 Å². The Hall–Kier alpha value is -2.81. The number of rotatable bonds is 7. The average molecular weight is 412 g/mol. The van der Waals surface area contributed by atoms with Gasteiger partial charge in [0.2, 0.25) is 11.9 Å². The molecule has 0 spiro atoms. The van der Waals surface area contributed by atoms with Gasteiger partial charge in [-0.05, 0) is 44.7 Å². The molecule has 8 nitrogen and oxygen atoms in total. The Bertz CT molecular complexity index is 969. The lowest BCUT2D eigenvalue weighted by Crippen LogP contribution is -2.37. The Balaban J connectivity index is 1.31. The summed E-state index contributed by atoms with van der Waals surface area (Å²) >= 11 is 1.65. The number of carbonyl (C=O) groups excluding carboxylic acids is 1. The molecule has 1 aliphatic heterocycles. The van der Waals surface area contributed by atoms with Crippen molar-refractivity contribution in [2.24, 2.45) is 0 Å². The van der Waals surface area contributed by atoms with Crippen molar-refractivity contribution in [1.82, 2.24) is 30.5 Å². The monoisotopic (exact) mass is 411 g/mol. The summed E-state index contributed by atoms with van der Waals surface area (Å²) in [7, 11) is 0. The van der Waals surface area contributed by atoms with Crippen molar-refractivity contribution in [2.45, 2.75) is 45.6 Å². The van der Waals surface area contributed by atoms with E-state index in [4.69, 9.17) is 4.98 Å². The molecule has 2 N–H and O–H groups in total. The fourth-order valence-electron chi connectivity index (χ4n) is 3.62. The van der Waals surface area contributed by atoms with Crippen LogP contribution in [0.15, 0.2) is 24.7 Å². The highest BCUT2D eigenvalue weighted by Gasteiger charge is 2.26. The van der Waals surface area contributed by atoms with E-state index >= 15 is 0 Å². The van der Waals surface area contributed by atoms with Crippen molar-refractivity contribution >= 4 is 23.2 Å². The van der Waals surface area contributed by atoms with Crippen LogP contribution in [0.5, 0.6) is 0 Å². The lowest BCUT2D eigenvalue weighted by Gasteiger charge is -2.17. The van der Waals surface area contributed by atoms with Crippen LogP contribution in [-0.2, 0) is 11.2 Å². The molecule has 0 aliphatic carbocycles. The van der Waals surface area contributed by atoms with Gasteiger partial charge < -0.3 is 10.2 Å². The maximum Gasteiger partial charge on any atom is 0.225 e. The minimum Gasteiger partial charge on any atom is -0.352 e. The summed E-state index contributed by atoms with van der Waals surface area (Å²) in [6, 6.07) is 2.06. The van der Waals surface area contributed by atoms with Crippen LogP contribution in [-0.4, -0.2) is 50.2 Å². The van der Waals surface area contributed by atoms with Crippen LogP contribution in [0.4, 0.5) is 5.95 Å². The minimum atomic E-state index is 0.103. The molecule has 0 bridgehead atoms. The van der Waals surface area contributed by atoms with Gasteiger partial charge in [-0.25, -0.2) is 15.0 Å². The second kappa shape index (κ2) is 8.69. The first-order valence-corrected chi connectivity index (χ1v) is 10.7. The normalized spacial score (nSPS) is 16.3. The first-order chi connectivity index (χ1) is 14.1. The third-order valence-corrected chi connectivity index (χ3v) is 6.13. The summed E-state index contributed by atoms with van der Waals surface area (Å²) in [6.07, 6.45) is 8.58. The van der Waals surface area contributed by atoms with Gasteiger partial charge in [0.15, 0.2) is 0 Å². The third-order valence-electron chi connectivity index (χ3n) is 5.04. The number of H-pyrrole nitrogens is 1. The van der Waals surface area contributed by atoms with Crippen molar-refractivity contribution in [1.29, 1.82) is 0 Å². The minimum absolute atomic E-state index is 0.103. The van der Waals surface area contributed by atoms with Crippen LogP contribution in [0.25, 0.3) is 10.6 Å². The van der Waals surface area contributed by atoms with Gasteiger partial charge in [0.05, 0.1) is 27.5 Å². The van der Waals surface area contributed by atoms with Crippen LogP contribution >= 0.6 is 11.3 Å². The Kier molecular flexibility index (Phi) is 5.84. The van der Waals surface area contributed by atoms with E-state index in [9.17, 15) is 4.79 Å². The zero-order chi connectivity index (χ0) is 20.2. The summed E-state index contributed by atoms with van der Waals surface area (Å²) in [5, 5.41) is 10.9. The largest absolute Gasteiger partial charge is 0.352 e. The summed E-state index contributed by atoms with van der Waals surface area (Å²) in [4.78, 5) is 29.2. The molecule has 4 heterocycles. The van der Waals surface area contributed by atoms with E-state index in [0.717, 1.165) is 59.2 Å². The van der Waals surface area contributed by atoms with Gasteiger partial charge in [-0.1, -0.05) is 0 Å². The number of hydrogen-bond acceptors (Lipinski definition) is 7. The predicted octanol–water partition coefficient (Wildman–Crippen LogP) is 2.66. The van der Waals surface area contributed by atoms with E-state index in [2.05, 4.69) is 30.4 Å². The molecular weight excluding hydrogens is 386 g/mol. The number of aryl methyl sites for hydroxylation is 3. The molecule has 3 aromatic heterocycles. The highest BCUT2D eigenvalue weighted by Crippen LogP contribution is 2.29. The van der Waals surface area contributed by atoms with Gasteiger partial charge in [0.1, 0.15) is 0 Å². The molecule has 1 saturated heterocycles. The molecule has 1 fully saturated rings. The molecule has 1 atom stereocenters. The summed E-state index contributed by atoms with van der Waals surface area (Å²) in [5.74, 6) is 0.815. The Morgan fingerprint density at radius 1 is 1.38 bits per heavy atom. The van der Waals surface area contributed by atoms with E-state index < -0.39 is 0 Å². The van der Waals surface area contributed by atoms with Crippen LogP contribution in [0.2, 0.25) is 0 Å². The fraction of sp³-hybridized carbons (Fsp3) is 0.450.